The van der Waals surface area contributed by atoms with Crippen LogP contribution in [0.1, 0.15) is 6.42 Å². The molecular formula is C11H21N3O2. The van der Waals surface area contributed by atoms with E-state index in [4.69, 9.17) is 4.74 Å². The summed E-state index contributed by atoms with van der Waals surface area (Å²) in [5.41, 5.74) is 0. The molecule has 5 nitrogen and oxygen atoms in total. The summed E-state index contributed by atoms with van der Waals surface area (Å²) < 4.78 is 5.30. The van der Waals surface area contributed by atoms with Gasteiger partial charge in [-0.25, -0.2) is 0 Å². The fraction of sp³-hybridized carbons (Fsp3) is 0.909. The molecule has 1 N–H and O–H groups in total. The highest BCUT2D eigenvalue weighted by Gasteiger charge is 2.17. The third-order valence-electron chi connectivity index (χ3n) is 3.22. The summed E-state index contributed by atoms with van der Waals surface area (Å²) in [5.74, 6) is 0.290. The van der Waals surface area contributed by atoms with Gasteiger partial charge in [-0.2, -0.15) is 0 Å². The average molecular weight is 227 g/mol. The molecule has 2 fully saturated rings. The maximum absolute atomic E-state index is 11.7. The van der Waals surface area contributed by atoms with Crippen LogP contribution in [0.25, 0.3) is 0 Å². The summed E-state index contributed by atoms with van der Waals surface area (Å²) in [6.45, 7) is 8.10. The lowest BCUT2D eigenvalue weighted by atomic mass is 10.3. The van der Waals surface area contributed by atoms with Crippen LogP contribution in [0.2, 0.25) is 0 Å². The van der Waals surface area contributed by atoms with Gasteiger partial charge >= 0.3 is 0 Å². The van der Waals surface area contributed by atoms with Crippen molar-refractivity contribution >= 4 is 5.91 Å². The molecule has 92 valence electrons. The Kier molecular flexibility index (Phi) is 4.56. The Hall–Kier alpha value is -0.650. The van der Waals surface area contributed by atoms with E-state index >= 15 is 0 Å². The number of amides is 1. The SMILES string of the molecule is O=C1CCNCCN1CCN1CCOCC1. The van der Waals surface area contributed by atoms with Crippen molar-refractivity contribution in [3.63, 3.8) is 0 Å². The molecule has 0 unspecified atom stereocenters. The van der Waals surface area contributed by atoms with Gasteiger partial charge in [0.05, 0.1) is 13.2 Å². The molecule has 16 heavy (non-hydrogen) atoms. The normalized spacial score (nSPS) is 24.5. The van der Waals surface area contributed by atoms with E-state index in [0.29, 0.717) is 12.3 Å². The van der Waals surface area contributed by atoms with Gasteiger partial charge in [-0.1, -0.05) is 0 Å². The first kappa shape index (κ1) is 11.8. The van der Waals surface area contributed by atoms with Gasteiger partial charge in [-0.3, -0.25) is 9.69 Å². The summed E-state index contributed by atoms with van der Waals surface area (Å²) in [4.78, 5) is 16.1. The smallest absolute Gasteiger partial charge is 0.223 e. The van der Waals surface area contributed by atoms with Crippen LogP contribution >= 0.6 is 0 Å². The van der Waals surface area contributed by atoms with Gasteiger partial charge in [0, 0.05) is 52.2 Å². The van der Waals surface area contributed by atoms with Crippen LogP contribution in [0, 0.1) is 0 Å². The van der Waals surface area contributed by atoms with Crippen LogP contribution in [0.4, 0.5) is 0 Å². The number of hydrogen-bond donors (Lipinski definition) is 1. The minimum Gasteiger partial charge on any atom is -0.379 e. The molecule has 0 aliphatic carbocycles. The molecule has 5 heteroatoms. The van der Waals surface area contributed by atoms with Gasteiger partial charge in [-0.05, 0) is 0 Å². The maximum atomic E-state index is 11.7. The molecule has 2 saturated heterocycles. The second kappa shape index (κ2) is 6.18. The Morgan fingerprint density at radius 2 is 1.94 bits per heavy atom. The third kappa shape index (κ3) is 3.43. The molecule has 2 heterocycles. The Morgan fingerprint density at radius 3 is 2.75 bits per heavy atom. The van der Waals surface area contributed by atoms with Gasteiger partial charge < -0.3 is 15.0 Å². The molecule has 0 aromatic heterocycles. The molecule has 0 atom stereocenters. The van der Waals surface area contributed by atoms with E-state index in [9.17, 15) is 4.79 Å². The van der Waals surface area contributed by atoms with E-state index in [-0.39, 0.29) is 0 Å². The van der Waals surface area contributed by atoms with Crippen molar-refractivity contribution in [1.82, 2.24) is 15.1 Å². The van der Waals surface area contributed by atoms with Gasteiger partial charge in [0.1, 0.15) is 0 Å². The largest absolute Gasteiger partial charge is 0.379 e. The monoisotopic (exact) mass is 227 g/mol. The summed E-state index contributed by atoms with van der Waals surface area (Å²) in [7, 11) is 0. The zero-order valence-corrected chi connectivity index (χ0v) is 9.78. The van der Waals surface area contributed by atoms with Crippen molar-refractivity contribution in [2.75, 3.05) is 59.0 Å². The van der Waals surface area contributed by atoms with E-state index in [1.165, 1.54) is 0 Å². The van der Waals surface area contributed by atoms with Gasteiger partial charge in [0.25, 0.3) is 0 Å². The van der Waals surface area contributed by atoms with Gasteiger partial charge in [0.2, 0.25) is 5.91 Å². The highest BCUT2D eigenvalue weighted by molar-refractivity contribution is 5.76. The molecular weight excluding hydrogens is 206 g/mol. The zero-order chi connectivity index (χ0) is 11.2. The minimum absolute atomic E-state index is 0.290. The van der Waals surface area contributed by atoms with Crippen molar-refractivity contribution in [2.45, 2.75) is 6.42 Å². The second-order valence-electron chi connectivity index (χ2n) is 4.33. The van der Waals surface area contributed by atoms with Crippen molar-refractivity contribution in [3.05, 3.63) is 0 Å². The minimum atomic E-state index is 0.290. The van der Waals surface area contributed by atoms with Gasteiger partial charge in [-0.15, -0.1) is 0 Å². The number of ether oxygens (including phenoxy) is 1. The summed E-state index contributed by atoms with van der Waals surface area (Å²) in [6.07, 6.45) is 0.642. The van der Waals surface area contributed by atoms with Crippen molar-refractivity contribution in [1.29, 1.82) is 0 Å². The standard InChI is InChI=1S/C11H21N3O2/c15-11-1-2-12-3-4-14(11)6-5-13-7-9-16-10-8-13/h12H,1-10H2. The third-order valence-corrected chi connectivity index (χ3v) is 3.22. The molecule has 0 spiro atoms. The topological polar surface area (TPSA) is 44.8 Å². The Morgan fingerprint density at radius 1 is 1.12 bits per heavy atom. The molecule has 0 aromatic carbocycles. The van der Waals surface area contributed by atoms with Gasteiger partial charge in [0.15, 0.2) is 0 Å². The predicted molar refractivity (Wildman–Crippen MR) is 61.3 cm³/mol. The first-order valence-corrected chi connectivity index (χ1v) is 6.15. The van der Waals surface area contributed by atoms with Crippen LogP contribution in [-0.4, -0.2) is 74.7 Å². The lowest BCUT2D eigenvalue weighted by Crippen LogP contribution is -2.43. The molecule has 0 bridgehead atoms. The average Bonchev–Trinajstić information content (AvgIpc) is 2.53. The first-order valence-electron chi connectivity index (χ1n) is 6.15. The fourth-order valence-corrected chi connectivity index (χ4v) is 2.14. The van der Waals surface area contributed by atoms with Crippen LogP contribution < -0.4 is 5.32 Å². The predicted octanol–water partition coefficient (Wildman–Crippen LogP) is -0.859. The second-order valence-corrected chi connectivity index (χ2v) is 4.33. The summed E-state index contributed by atoms with van der Waals surface area (Å²) in [6, 6.07) is 0. The summed E-state index contributed by atoms with van der Waals surface area (Å²) in [5, 5.41) is 3.25. The molecule has 0 radical (unpaired) electrons. The number of carbonyl (C=O) groups is 1. The lowest BCUT2D eigenvalue weighted by molar-refractivity contribution is -0.130. The number of nitrogens with one attached hydrogen (secondary N) is 1. The van der Waals surface area contributed by atoms with E-state index in [1.807, 2.05) is 4.90 Å². The van der Waals surface area contributed by atoms with E-state index in [0.717, 1.165) is 59.0 Å². The van der Waals surface area contributed by atoms with Crippen molar-refractivity contribution in [2.24, 2.45) is 0 Å². The highest BCUT2D eigenvalue weighted by Crippen LogP contribution is 2.01. The van der Waals surface area contributed by atoms with E-state index < -0.39 is 0 Å². The number of rotatable bonds is 3. The number of hydrogen-bond acceptors (Lipinski definition) is 4. The molecule has 2 aliphatic rings. The number of morpholine rings is 1. The Bertz CT molecular complexity index is 229. The van der Waals surface area contributed by atoms with Crippen LogP contribution in [-0.2, 0) is 9.53 Å². The molecule has 2 aliphatic heterocycles. The fourth-order valence-electron chi connectivity index (χ4n) is 2.14. The molecule has 0 saturated carbocycles. The Balaban J connectivity index is 1.72. The van der Waals surface area contributed by atoms with E-state index in [1.54, 1.807) is 0 Å². The number of nitrogens with zero attached hydrogens (tertiary/aromatic N) is 2. The van der Waals surface area contributed by atoms with Crippen LogP contribution in [0.15, 0.2) is 0 Å². The molecule has 1 amide bonds. The van der Waals surface area contributed by atoms with Crippen LogP contribution in [0.3, 0.4) is 0 Å². The molecule has 0 aromatic rings. The van der Waals surface area contributed by atoms with Crippen LogP contribution in [0.5, 0.6) is 0 Å². The zero-order valence-electron chi connectivity index (χ0n) is 9.78. The lowest BCUT2D eigenvalue weighted by Gasteiger charge is -2.29. The maximum Gasteiger partial charge on any atom is 0.223 e. The highest BCUT2D eigenvalue weighted by atomic mass is 16.5. The Labute approximate surface area is 96.7 Å². The first-order chi connectivity index (χ1) is 7.86. The number of carbonyl (C=O) groups excluding carboxylic acids is 1. The molecule has 2 rings (SSSR count). The summed E-state index contributed by atoms with van der Waals surface area (Å²) >= 11 is 0. The van der Waals surface area contributed by atoms with Crippen molar-refractivity contribution < 1.29 is 9.53 Å². The van der Waals surface area contributed by atoms with Crippen molar-refractivity contribution in [3.8, 4) is 0 Å². The quantitative estimate of drug-likeness (QED) is 0.681. The van der Waals surface area contributed by atoms with E-state index in [2.05, 4.69) is 10.2 Å².